The Morgan fingerprint density at radius 2 is 2.07 bits per heavy atom. The molecular weight excluding hydrogens is 178 g/mol. The Bertz CT molecular complexity index is 194. The van der Waals surface area contributed by atoms with Crippen LogP contribution in [0.15, 0.2) is 0 Å². The quantitative estimate of drug-likeness (QED) is 0.684. The van der Waals surface area contributed by atoms with Crippen molar-refractivity contribution in [1.29, 1.82) is 0 Å². The third kappa shape index (κ3) is 3.66. The molecule has 1 rings (SSSR count). The van der Waals surface area contributed by atoms with Crippen LogP contribution in [0, 0.1) is 5.92 Å². The molecule has 0 amide bonds. The van der Waals surface area contributed by atoms with E-state index in [0.717, 1.165) is 18.8 Å². The molecule has 0 saturated heterocycles. The molecule has 1 aliphatic rings. The van der Waals surface area contributed by atoms with Crippen molar-refractivity contribution >= 4 is 5.97 Å². The van der Waals surface area contributed by atoms with Gasteiger partial charge in [-0.05, 0) is 32.1 Å². The molecule has 1 aliphatic carbocycles. The Hall–Kier alpha value is -0.570. The number of aliphatic carboxylic acids is 1. The highest BCUT2D eigenvalue weighted by atomic mass is 16.4. The van der Waals surface area contributed by atoms with E-state index in [1.54, 1.807) is 6.92 Å². The zero-order valence-corrected chi connectivity index (χ0v) is 9.12. The molecule has 3 nitrogen and oxygen atoms in total. The Labute approximate surface area is 85.9 Å². The normalized spacial score (nSPS) is 30.7. The van der Waals surface area contributed by atoms with Crippen LogP contribution in [0.25, 0.3) is 0 Å². The number of hydrogen-bond donors (Lipinski definition) is 2. The number of hydrogen-bond acceptors (Lipinski definition) is 2. The lowest BCUT2D eigenvalue weighted by Crippen LogP contribution is -2.41. The maximum Gasteiger partial charge on any atom is 0.320 e. The largest absolute Gasteiger partial charge is 0.480 e. The summed E-state index contributed by atoms with van der Waals surface area (Å²) in [7, 11) is 0. The summed E-state index contributed by atoms with van der Waals surface area (Å²) in [6, 6.07) is -0.000504. The van der Waals surface area contributed by atoms with Crippen LogP contribution in [-0.2, 0) is 4.79 Å². The predicted molar refractivity (Wildman–Crippen MR) is 56.3 cm³/mol. The van der Waals surface area contributed by atoms with Crippen molar-refractivity contribution in [2.75, 3.05) is 0 Å². The van der Waals surface area contributed by atoms with Gasteiger partial charge in [0, 0.05) is 6.04 Å². The molecule has 0 bridgehead atoms. The van der Waals surface area contributed by atoms with Gasteiger partial charge in [-0.15, -0.1) is 0 Å². The maximum absolute atomic E-state index is 10.7. The van der Waals surface area contributed by atoms with Gasteiger partial charge in [0.15, 0.2) is 0 Å². The molecule has 0 heterocycles. The van der Waals surface area contributed by atoms with Gasteiger partial charge in [0.1, 0.15) is 6.04 Å². The maximum atomic E-state index is 10.7. The van der Waals surface area contributed by atoms with Crippen LogP contribution >= 0.6 is 0 Å². The van der Waals surface area contributed by atoms with Gasteiger partial charge in [-0.3, -0.25) is 4.79 Å². The fraction of sp³-hybridized carbons (Fsp3) is 0.909. The first-order valence-electron chi connectivity index (χ1n) is 5.58. The van der Waals surface area contributed by atoms with Gasteiger partial charge in [0.05, 0.1) is 0 Å². The van der Waals surface area contributed by atoms with Crippen molar-refractivity contribution in [3.8, 4) is 0 Å². The number of carbonyl (C=O) groups is 1. The van der Waals surface area contributed by atoms with Crippen molar-refractivity contribution in [3.05, 3.63) is 0 Å². The predicted octanol–water partition coefficient (Wildman–Crippen LogP) is 2.02. The van der Waals surface area contributed by atoms with Crippen LogP contribution in [0.5, 0.6) is 0 Å². The molecule has 14 heavy (non-hydrogen) atoms. The van der Waals surface area contributed by atoms with Crippen LogP contribution in [0.2, 0.25) is 0 Å². The summed E-state index contributed by atoms with van der Waals surface area (Å²) in [6.07, 6.45) is 6.00. The van der Waals surface area contributed by atoms with Crippen molar-refractivity contribution in [3.63, 3.8) is 0 Å². The zero-order chi connectivity index (χ0) is 10.6. The van der Waals surface area contributed by atoms with E-state index in [4.69, 9.17) is 5.11 Å². The lowest BCUT2D eigenvalue weighted by atomic mass is 10.0. The van der Waals surface area contributed by atoms with Crippen LogP contribution in [0.1, 0.15) is 46.0 Å². The van der Waals surface area contributed by atoms with Gasteiger partial charge < -0.3 is 10.4 Å². The summed E-state index contributed by atoms with van der Waals surface area (Å²) in [5.74, 6) is 0.0595. The lowest BCUT2D eigenvalue weighted by molar-refractivity contribution is -0.139. The summed E-state index contributed by atoms with van der Waals surface area (Å²) < 4.78 is 0. The van der Waals surface area contributed by atoms with E-state index in [1.807, 2.05) is 0 Å². The van der Waals surface area contributed by atoms with Crippen LogP contribution in [0.3, 0.4) is 0 Å². The molecule has 2 N–H and O–H groups in total. The molecule has 0 aliphatic heterocycles. The highest BCUT2D eigenvalue weighted by molar-refractivity contribution is 5.72. The minimum absolute atomic E-state index is 0.408. The molecule has 0 aromatic rings. The minimum atomic E-state index is -0.748. The van der Waals surface area contributed by atoms with E-state index in [1.165, 1.54) is 19.3 Å². The van der Waals surface area contributed by atoms with Crippen molar-refractivity contribution < 1.29 is 9.90 Å². The Kier molecular flexibility index (Phi) is 4.39. The minimum Gasteiger partial charge on any atom is -0.480 e. The van der Waals surface area contributed by atoms with Gasteiger partial charge in [-0.2, -0.15) is 0 Å². The second-order valence-corrected chi connectivity index (χ2v) is 4.54. The molecule has 3 atom stereocenters. The summed E-state index contributed by atoms with van der Waals surface area (Å²) in [4.78, 5) is 10.7. The molecule has 1 saturated carbocycles. The van der Waals surface area contributed by atoms with E-state index >= 15 is 0 Å². The van der Waals surface area contributed by atoms with Gasteiger partial charge in [-0.25, -0.2) is 0 Å². The van der Waals surface area contributed by atoms with Gasteiger partial charge in [0.2, 0.25) is 0 Å². The highest BCUT2D eigenvalue weighted by Crippen LogP contribution is 2.22. The first-order chi connectivity index (χ1) is 6.59. The molecule has 2 unspecified atom stereocenters. The zero-order valence-electron chi connectivity index (χ0n) is 9.12. The first kappa shape index (κ1) is 11.5. The number of carboxylic acid groups (broad SMARTS) is 1. The molecule has 0 aromatic carbocycles. The standard InChI is InChI=1S/C11H21NO2/c1-8-4-3-5-10(7-6-8)12-9(2)11(13)14/h8-10,12H,3-7H2,1-2H3,(H,13,14)/t8?,9-,10?/m0/s1. The molecular formula is C11H21NO2. The monoisotopic (exact) mass is 199 g/mol. The SMILES string of the molecule is CC1CCCC(N[C@@H](C)C(=O)O)CC1. The molecule has 3 heteroatoms. The number of nitrogens with one attached hydrogen (secondary N) is 1. The first-order valence-corrected chi connectivity index (χ1v) is 5.58. The number of carboxylic acids is 1. The van der Waals surface area contributed by atoms with Gasteiger partial charge in [0.25, 0.3) is 0 Å². The smallest absolute Gasteiger partial charge is 0.320 e. The van der Waals surface area contributed by atoms with Crippen LogP contribution in [0.4, 0.5) is 0 Å². The van der Waals surface area contributed by atoms with Crippen molar-refractivity contribution in [2.24, 2.45) is 5.92 Å². The molecule has 1 fully saturated rings. The Balaban J connectivity index is 2.33. The third-order valence-electron chi connectivity index (χ3n) is 3.11. The van der Waals surface area contributed by atoms with Gasteiger partial charge >= 0.3 is 5.97 Å². The van der Waals surface area contributed by atoms with Crippen LogP contribution < -0.4 is 5.32 Å². The van der Waals surface area contributed by atoms with Gasteiger partial charge in [-0.1, -0.05) is 19.8 Å². The topological polar surface area (TPSA) is 49.3 Å². The van der Waals surface area contributed by atoms with E-state index < -0.39 is 12.0 Å². The van der Waals surface area contributed by atoms with E-state index in [-0.39, 0.29) is 0 Å². The summed E-state index contributed by atoms with van der Waals surface area (Å²) in [5.41, 5.74) is 0. The van der Waals surface area contributed by atoms with E-state index in [9.17, 15) is 4.79 Å². The highest BCUT2D eigenvalue weighted by Gasteiger charge is 2.19. The Morgan fingerprint density at radius 3 is 2.71 bits per heavy atom. The lowest BCUT2D eigenvalue weighted by Gasteiger charge is -2.19. The fourth-order valence-corrected chi connectivity index (χ4v) is 2.08. The van der Waals surface area contributed by atoms with Crippen molar-refractivity contribution in [2.45, 2.75) is 58.0 Å². The summed E-state index contributed by atoms with van der Waals surface area (Å²) in [6.45, 7) is 4.00. The Morgan fingerprint density at radius 1 is 1.36 bits per heavy atom. The van der Waals surface area contributed by atoms with E-state index in [0.29, 0.717) is 6.04 Å². The fourth-order valence-electron chi connectivity index (χ4n) is 2.08. The molecule has 0 aromatic heterocycles. The number of rotatable bonds is 3. The van der Waals surface area contributed by atoms with Crippen molar-refractivity contribution in [1.82, 2.24) is 5.32 Å². The molecule has 0 spiro atoms. The average molecular weight is 199 g/mol. The summed E-state index contributed by atoms with van der Waals surface area (Å²) in [5, 5.41) is 12.0. The molecule has 0 radical (unpaired) electrons. The van der Waals surface area contributed by atoms with E-state index in [2.05, 4.69) is 12.2 Å². The summed E-state index contributed by atoms with van der Waals surface area (Å²) >= 11 is 0. The average Bonchev–Trinajstić information content (AvgIpc) is 2.31. The third-order valence-corrected chi connectivity index (χ3v) is 3.11. The van der Waals surface area contributed by atoms with Crippen LogP contribution in [-0.4, -0.2) is 23.2 Å². The molecule has 82 valence electrons. The second kappa shape index (κ2) is 5.35. The second-order valence-electron chi connectivity index (χ2n) is 4.54.